The molecule has 0 unspecified atom stereocenters. The van der Waals surface area contributed by atoms with Crippen molar-refractivity contribution < 1.29 is 0 Å². The van der Waals surface area contributed by atoms with Crippen molar-refractivity contribution in [3.63, 3.8) is 0 Å². The molecule has 212 valence electrons. The van der Waals surface area contributed by atoms with E-state index in [2.05, 4.69) is 70.7 Å². The van der Waals surface area contributed by atoms with Crippen molar-refractivity contribution in [1.82, 2.24) is 19.9 Å². The number of benzene rings is 1. The summed E-state index contributed by atoms with van der Waals surface area (Å²) < 4.78 is 0. The molecule has 0 spiro atoms. The Kier molecular flexibility index (Phi) is 6.88. The van der Waals surface area contributed by atoms with Crippen molar-refractivity contribution >= 4 is 18.2 Å². The van der Waals surface area contributed by atoms with E-state index in [4.69, 9.17) is 9.97 Å². The molecule has 0 bridgehead atoms. The molecule has 4 aromatic heterocycles. The van der Waals surface area contributed by atoms with Gasteiger partial charge in [-0.05, 0) is 119 Å². The van der Waals surface area contributed by atoms with Crippen LogP contribution < -0.4 is 10.4 Å². The molecule has 3 aliphatic rings. The van der Waals surface area contributed by atoms with E-state index in [1.165, 1.54) is 43.8 Å². The van der Waals surface area contributed by atoms with Crippen LogP contribution in [0.2, 0.25) is 0 Å². The van der Waals surface area contributed by atoms with Crippen LogP contribution in [0.15, 0.2) is 115 Å². The van der Waals surface area contributed by atoms with Crippen LogP contribution >= 0.6 is 0 Å². The summed E-state index contributed by atoms with van der Waals surface area (Å²) in [7, 11) is 0. The Morgan fingerprint density at radius 1 is 0.523 bits per heavy atom. The number of allylic oxidation sites excluding steroid dienone is 5. The van der Waals surface area contributed by atoms with E-state index in [1.54, 1.807) is 0 Å². The molecule has 44 heavy (non-hydrogen) atoms. The molecule has 0 atom stereocenters. The molecule has 0 saturated carbocycles. The first-order valence-electron chi connectivity index (χ1n) is 15.6. The number of fused-ring (bicyclic) bond motifs is 2. The predicted octanol–water partition coefficient (Wildman–Crippen LogP) is 7.90. The molecule has 0 radical (unpaired) electrons. The maximum Gasteiger partial charge on any atom is 0.0886 e. The van der Waals surface area contributed by atoms with Crippen molar-refractivity contribution in [2.24, 2.45) is 0 Å². The molecular formula is C40H32N4. The second-order valence-corrected chi connectivity index (χ2v) is 11.6. The fourth-order valence-corrected chi connectivity index (χ4v) is 6.80. The standard InChI is InChI=1S/C40H32N4/c1-2-10-27(11-3-1)28-16-19-33-34(24-28)40(30-18-21-38(44-26-30)36-15-7-9-23-42-36)32-13-5-4-12-31(32)39(33)29-17-20-37(43-25-29)35-14-6-8-22-41-35/h2,6-15,17-18,20-26H,1,3-5,16,19H2. The lowest BCUT2D eigenvalue weighted by Gasteiger charge is -2.26. The highest BCUT2D eigenvalue weighted by Crippen LogP contribution is 2.38. The van der Waals surface area contributed by atoms with Crippen molar-refractivity contribution in [1.29, 1.82) is 0 Å². The van der Waals surface area contributed by atoms with Gasteiger partial charge in [-0.2, -0.15) is 0 Å². The molecule has 0 N–H and O–H groups in total. The van der Waals surface area contributed by atoms with Crippen LogP contribution in [0.25, 0.3) is 63.3 Å². The van der Waals surface area contributed by atoms with Gasteiger partial charge in [-0.1, -0.05) is 60.7 Å². The van der Waals surface area contributed by atoms with Gasteiger partial charge in [0, 0.05) is 35.9 Å². The average Bonchev–Trinajstić information content (AvgIpc) is 3.12. The number of rotatable bonds is 5. The number of nitrogens with zero attached hydrogens (tertiary/aromatic N) is 4. The minimum absolute atomic E-state index is 0.886. The summed E-state index contributed by atoms with van der Waals surface area (Å²) in [6, 6.07) is 20.6. The molecule has 0 aliphatic heterocycles. The third kappa shape index (κ3) is 4.83. The normalized spacial score (nSPS) is 15.3. The van der Waals surface area contributed by atoms with Crippen LogP contribution in [-0.4, -0.2) is 19.9 Å². The highest BCUT2D eigenvalue weighted by Gasteiger charge is 2.24. The van der Waals surface area contributed by atoms with Crippen molar-refractivity contribution in [2.45, 2.75) is 38.5 Å². The zero-order chi connectivity index (χ0) is 29.3. The summed E-state index contributed by atoms with van der Waals surface area (Å²) in [5, 5.41) is 2.62. The van der Waals surface area contributed by atoms with Gasteiger partial charge in [0.25, 0.3) is 0 Å². The Bertz CT molecular complexity index is 2070. The summed E-state index contributed by atoms with van der Waals surface area (Å²) in [5.41, 5.74) is 14.0. The Morgan fingerprint density at radius 2 is 1.14 bits per heavy atom. The lowest BCUT2D eigenvalue weighted by Crippen LogP contribution is -2.34. The average molecular weight is 569 g/mol. The third-order valence-corrected chi connectivity index (χ3v) is 8.88. The SMILES string of the molecule is C1=CC(C2=Cc3c(c(-c4ccc(-c5ccccn5)nc4)c4c(c3-c3ccc(-c5ccccn5)nc3)=CCCC=4)CC2)=CCC1. The largest absolute Gasteiger partial charge is 0.255 e. The molecule has 3 aliphatic carbocycles. The molecule has 8 rings (SSSR count). The molecule has 1 aromatic carbocycles. The van der Waals surface area contributed by atoms with Crippen molar-refractivity contribution in [2.75, 3.05) is 0 Å². The van der Waals surface area contributed by atoms with Crippen molar-refractivity contribution in [3.8, 4) is 45.0 Å². The summed E-state index contributed by atoms with van der Waals surface area (Å²) in [5.74, 6) is 0. The first kappa shape index (κ1) is 26.4. The number of hydrogen-bond acceptors (Lipinski definition) is 4. The zero-order valence-corrected chi connectivity index (χ0v) is 24.6. The Morgan fingerprint density at radius 3 is 1.70 bits per heavy atom. The molecule has 0 fully saturated rings. The first-order valence-corrected chi connectivity index (χ1v) is 15.6. The number of aromatic nitrogens is 4. The van der Waals surface area contributed by atoms with Crippen LogP contribution in [0.4, 0.5) is 0 Å². The van der Waals surface area contributed by atoms with Gasteiger partial charge in [0.2, 0.25) is 0 Å². The molecule has 5 aromatic rings. The van der Waals surface area contributed by atoms with E-state index >= 15 is 0 Å². The van der Waals surface area contributed by atoms with Crippen LogP contribution in [0, 0.1) is 0 Å². The minimum atomic E-state index is 0.886. The molecule has 4 heteroatoms. The second-order valence-electron chi connectivity index (χ2n) is 11.6. The van der Waals surface area contributed by atoms with Gasteiger partial charge >= 0.3 is 0 Å². The van der Waals surface area contributed by atoms with Crippen LogP contribution in [0.1, 0.15) is 43.2 Å². The highest BCUT2D eigenvalue weighted by atomic mass is 14.8. The van der Waals surface area contributed by atoms with Gasteiger partial charge in [0.05, 0.1) is 22.8 Å². The molecule has 0 amide bonds. The first-order chi connectivity index (χ1) is 21.8. The maximum absolute atomic E-state index is 4.91. The topological polar surface area (TPSA) is 51.6 Å². The van der Waals surface area contributed by atoms with Crippen molar-refractivity contribution in [3.05, 3.63) is 136 Å². The molecule has 4 nitrogen and oxygen atoms in total. The quantitative estimate of drug-likeness (QED) is 0.216. The van der Waals surface area contributed by atoms with Gasteiger partial charge in [-0.25, -0.2) is 0 Å². The van der Waals surface area contributed by atoms with Crippen LogP contribution in [0.5, 0.6) is 0 Å². The molecule has 0 saturated heterocycles. The van der Waals surface area contributed by atoms with Gasteiger partial charge in [-0.3, -0.25) is 19.9 Å². The summed E-state index contributed by atoms with van der Waals surface area (Å²) in [6.45, 7) is 0. The van der Waals surface area contributed by atoms with E-state index in [1.807, 2.05) is 61.2 Å². The summed E-state index contributed by atoms with van der Waals surface area (Å²) in [6.07, 6.45) is 28.3. The van der Waals surface area contributed by atoms with E-state index < -0.39 is 0 Å². The monoisotopic (exact) mass is 568 g/mol. The highest BCUT2D eigenvalue weighted by molar-refractivity contribution is 5.88. The zero-order valence-electron chi connectivity index (χ0n) is 24.6. The smallest absolute Gasteiger partial charge is 0.0886 e. The second kappa shape index (κ2) is 11.5. The van der Waals surface area contributed by atoms with E-state index in [0.717, 1.165) is 72.4 Å². The minimum Gasteiger partial charge on any atom is -0.255 e. The molecule has 4 heterocycles. The van der Waals surface area contributed by atoms with Crippen LogP contribution in [-0.2, 0) is 6.42 Å². The summed E-state index contributed by atoms with van der Waals surface area (Å²) in [4.78, 5) is 18.8. The number of pyridine rings is 4. The fraction of sp³-hybridized carbons (Fsp3) is 0.150. The Hall–Kier alpha value is -5.22. The van der Waals surface area contributed by atoms with Gasteiger partial charge in [0.15, 0.2) is 0 Å². The van der Waals surface area contributed by atoms with E-state index in [9.17, 15) is 0 Å². The lowest BCUT2D eigenvalue weighted by atomic mass is 9.78. The van der Waals surface area contributed by atoms with Gasteiger partial charge in [0.1, 0.15) is 0 Å². The number of hydrogen-bond donors (Lipinski definition) is 0. The van der Waals surface area contributed by atoms with Gasteiger partial charge < -0.3 is 0 Å². The van der Waals surface area contributed by atoms with E-state index in [-0.39, 0.29) is 0 Å². The Balaban J connectivity index is 1.34. The Labute approximate surface area is 257 Å². The molecular weight excluding hydrogens is 536 g/mol. The van der Waals surface area contributed by atoms with E-state index in [0.29, 0.717) is 0 Å². The maximum atomic E-state index is 4.91. The van der Waals surface area contributed by atoms with Crippen LogP contribution in [0.3, 0.4) is 0 Å². The summed E-state index contributed by atoms with van der Waals surface area (Å²) >= 11 is 0. The third-order valence-electron chi connectivity index (χ3n) is 8.88. The lowest BCUT2D eigenvalue weighted by molar-refractivity contribution is 0.925. The predicted molar refractivity (Wildman–Crippen MR) is 180 cm³/mol. The van der Waals surface area contributed by atoms with Gasteiger partial charge in [-0.15, -0.1) is 0 Å². The fourth-order valence-electron chi connectivity index (χ4n) is 6.80.